The van der Waals surface area contributed by atoms with Crippen molar-refractivity contribution in [3.63, 3.8) is 0 Å². The molecule has 1 aromatic carbocycles. The van der Waals surface area contributed by atoms with E-state index in [9.17, 15) is 4.79 Å². The van der Waals surface area contributed by atoms with Crippen LogP contribution in [0, 0.1) is 19.3 Å². The van der Waals surface area contributed by atoms with Gasteiger partial charge in [-0.15, -0.1) is 0 Å². The average Bonchev–Trinajstić information content (AvgIpc) is 2.93. The molecule has 5 heteroatoms. The molecule has 0 radical (unpaired) electrons. The Balaban J connectivity index is 1.85. The zero-order valence-electron chi connectivity index (χ0n) is 16.7. The van der Waals surface area contributed by atoms with E-state index in [2.05, 4.69) is 42.1 Å². The van der Waals surface area contributed by atoms with Crippen LogP contribution < -0.4 is 11.1 Å². The second-order valence-electron chi connectivity index (χ2n) is 8.49. The first kappa shape index (κ1) is 19.1. The summed E-state index contributed by atoms with van der Waals surface area (Å²) >= 11 is 0. The number of rotatable bonds is 4. The molecule has 0 aliphatic carbocycles. The summed E-state index contributed by atoms with van der Waals surface area (Å²) in [7, 11) is 0. The van der Waals surface area contributed by atoms with Crippen molar-refractivity contribution in [1.29, 1.82) is 0 Å². The third-order valence-electron chi connectivity index (χ3n) is 4.63. The lowest BCUT2D eigenvalue weighted by Gasteiger charge is -2.22. The topological polar surface area (TPSA) is 83.8 Å². The number of amides is 1. The van der Waals surface area contributed by atoms with Crippen molar-refractivity contribution >= 4 is 22.5 Å². The summed E-state index contributed by atoms with van der Waals surface area (Å²) in [4.78, 5) is 20.1. The van der Waals surface area contributed by atoms with Crippen molar-refractivity contribution in [3.05, 3.63) is 47.9 Å². The van der Waals surface area contributed by atoms with Gasteiger partial charge in [-0.05, 0) is 55.0 Å². The lowest BCUT2D eigenvalue weighted by molar-refractivity contribution is -0.118. The van der Waals surface area contributed by atoms with Gasteiger partial charge in [-0.25, -0.2) is 0 Å². The van der Waals surface area contributed by atoms with Crippen LogP contribution in [0.25, 0.3) is 22.0 Å². The molecule has 2 heterocycles. The molecule has 0 aliphatic rings. The van der Waals surface area contributed by atoms with Gasteiger partial charge < -0.3 is 16.0 Å². The van der Waals surface area contributed by atoms with E-state index in [1.54, 1.807) is 0 Å². The summed E-state index contributed by atoms with van der Waals surface area (Å²) in [5.74, 6) is -0.151. The summed E-state index contributed by atoms with van der Waals surface area (Å²) in [6.07, 6.45) is 4.36. The summed E-state index contributed by atoms with van der Waals surface area (Å²) in [5, 5.41) is 4.09. The smallest absolute Gasteiger partial charge is 0.241 e. The number of nitrogens with two attached hydrogens (primary N) is 1. The quantitative estimate of drug-likeness (QED) is 0.635. The lowest BCUT2D eigenvalue weighted by Crippen LogP contribution is -2.38. The Morgan fingerprint density at radius 1 is 1.19 bits per heavy atom. The number of fused-ring (bicyclic) bond motifs is 1. The Labute approximate surface area is 160 Å². The first-order chi connectivity index (χ1) is 12.6. The van der Waals surface area contributed by atoms with Gasteiger partial charge in [-0.1, -0.05) is 26.8 Å². The zero-order valence-corrected chi connectivity index (χ0v) is 16.7. The summed E-state index contributed by atoms with van der Waals surface area (Å²) < 4.78 is 0. The van der Waals surface area contributed by atoms with E-state index in [4.69, 9.17) is 5.73 Å². The largest absolute Gasteiger partial charge is 0.357 e. The van der Waals surface area contributed by atoms with Crippen LogP contribution in [0.4, 0.5) is 5.69 Å². The van der Waals surface area contributed by atoms with Crippen LogP contribution in [0.5, 0.6) is 0 Å². The highest BCUT2D eigenvalue weighted by Crippen LogP contribution is 2.32. The number of benzene rings is 1. The SMILES string of the molecule is Cc1cc2c(-c3ccc(NC(=O)[C@H](N)CC(C)(C)C)cc3C)cncc2[nH]1. The molecule has 2 aromatic heterocycles. The van der Waals surface area contributed by atoms with E-state index in [1.807, 2.05) is 44.4 Å². The molecule has 1 amide bonds. The second-order valence-corrected chi connectivity index (χ2v) is 8.49. The van der Waals surface area contributed by atoms with Crippen LogP contribution >= 0.6 is 0 Å². The van der Waals surface area contributed by atoms with Crippen LogP contribution in [-0.2, 0) is 4.79 Å². The second kappa shape index (κ2) is 7.16. The third-order valence-corrected chi connectivity index (χ3v) is 4.63. The van der Waals surface area contributed by atoms with Gasteiger partial charge in [0, 0.05) is 28.5 Å². The number of hydrogen-bond acceptors (Lipinski definition) is 3. The van der Waals surface area contributed by atoms with Gasteiger partial charge in [-0.3, -0.25) is 9.78 Å². The Hall–Kier alpha value is -2.66. The number of nitrogens with zero attached hydrogens (tertiary/aromatic N) is 1. The Morgan fingerprint density at radius 3 is 2.59 bits per heavy atom. The maximum Gasteiger partial charge on any atom is 0.241 e. The van der Waals surface area contributed by atoms with Crippen molar-refractivity contribution in [3.8, 4) is 11.1 Å². The summed E-state index contributed by atoms with van der Waals surface area (Å²) in [5.41, 5.74) is 12.2. The number of pyridine rings is 1. The molecule has 0 spiro atoms. The number of carbonyl (C=O) groups is 1. The number of H-pyrrole nitrogens is 1. The maximum absolute atomic E-state index is 12.4. The fourth-order valence-corrected chi connectivity index (χ4v) is 3.44. The number of aromatic amines is 1. The highest BCUT2D eigenvalue weighted by Gasteiger charge is 2.21. The molecule has 142 valence electrons. The highest BCUT2D eigenvalue weighted by molar-refractivity contribution is 5.97. The minimum absolute atomic E-state index is 0.0108. The van der Waals surface area contributed by atoms with Crippen molar-refractivity contribution in [2.75, 3.05) is 5.32 Å². The van der Waals surface area contributed by atoms with Crippen LogP contribution in [0.1, 0.15) is 38.4 Å². The normalized spacial score (nSPS) is 13.0. The number of carbonyl (C=O) groups excluding carboxylic acids is 1. The first-order valence-electron chi connectivity index (χ1n) is 9.25. The number of hydrogen-bond donors (Lipinski definition) is 3. The van der Waals surface area contributed by atoms with Crippen molar-refractivity contribution < 1.29 is 4.79 Å². The van der Waals surface area contributed by atoms with Gasteiger partial charge in [0.2, 0.25) is 5.91 Å². The van der Waals surface area contributed by atoms with Crippen LogP contribution in [0.3, 0.4) is 0 Å². The number of aromatic nitrogens is 2. The number of aryl methyl sites for hydroxylation is 2. The van der Waals surface area contributed by atoms with Gasteiger partial charge in [0.1, 0.15) is 0 Å². The zero-order chi connectivity index (χ0) is 19.8. The predicted molar refractivity (Wildman–Crippen MR) is 112 cm³/mol. The average molecular weight is 364 g/mol. The van der Waals surface area contributed by atoms with Crippen LogP contribution in [-0.4, -0.2) is 21.9 Å². The molecule has 0 aliphatic heterocycles. The fourth-order valence-electron chi connectivity index (χ4n) is 3.44. The molecule has 3 aromatic rings. The van der Waals surface area contributed by atoms with Gasteiger partial charge in [0.15, 0.2) is 0 Å². The van der Waals surface area contributed by atoms with Crippen LogP contribution in [0.15, 0.2) is 36.7 Å². The highest BCUT2D eigenvalue weighted by atomic mass is 16.2. The standard InChI is InChI=1S/C22H28N4O/c1-13-8-15(26-21(27)19(23)10-22(3,4)5)6-7-16(13)18-11-24-12-20-17(18)9-14(2)25-20/h6-9,11-12,19,25H,10,23H2,1-5H3,(H,26,27)/t19-/m1/s1. The lowest BCUT2D eigenvalue weighted by atomic mass is 9.88. The number of nitrogens with one attached hydrogen (secondary N) is 2. The van der Waals surface area contributed by atoms with Crippen molar-refractivity contribution in [2.24, 2.45) is 11.1 Å². The maximum atomic E-state index is 12.4. The molecular formula is C22H28N4O. The first-order valence-corrected chi connectivity index (χ1v) is 9.25. The van der Waals surface area contributed by atoms with Crippen LogP contribution in [0.2, 0.25) is 0 Å². The minimum atomic E-state index is -0.522. The molecule has 0 saturated carbocycles. The monoisotopic (exact) mass is 364 g/mol. The van der Waals surface area contributed by atoms with E-state index >= 15 is 0 Å². The molecule has 0 saturated heterocycles. The van der Waals surface area contributed by atoms with Gasteiger partial charge >= 0.3 is 0 Å². The molecule has 0 fully saturated rings. The van der Waals surface area contributed by atoms with E-state index in [0.717, 1.165) is 39.0 Å². The van der Waals surface area contributed by atoms with Gasteiger partial charge in [0.25, 0.3) is 0 Å². The van der Waals surface area contributed by atoms with E-state index < -0.39 is 6.04 Å². The third kappa shape index (κ3) is 4.37. The van der Waals surface area contributed by atoms with Crippen molar-refractivity contribution in [1.82, 2.24) is 9.97 Å². The number of anilines is 1. The summed E-state index contributed by atoms with van der Waals surface area (Å²) in [6.45, 7) is 10.3. The summed E-state index contributed by atoms with van der Waals surface area (Å²) in [6, 6.07) is 7.54. The molecule has 27 heavy (non-hydrogen) atoms. The van der Waals surface area contributed by atoms with Crippen molar-refractivity contribution in [2.45, 2.75) is 47.1 Å². The minimum Gasteiger partial charge on any atom is -0.357 e. The van der Waals surface area contributed by atoms with E-state index in [1.165, 1.54) is 0 Å². The molecule has 0 unspecified atom stereocenters. The Kier molecular flexibility index (Phi) is 5.07. The van der Waals surface area contributed by atoms with Gasteiger partial charge in [-0.2, -0.15) is 0 Å². The Morgan fingerprint density at radius 2 is 1.93 bits per heavy atom. The van der Waals surface area contributed by atoms with E-state index in [0.29, 0.717) is 6.42 Å². The van der Waals surface area contributed by atoms with E-state index in [-0.39, 0.29) is 11.3 Å². The molecule has 3 rings (SSSR count). The van der Waals surface area contributed by atoms with Gasteiger partial charge in [0.05, 0.1) is 17.8 Å². The molecule has 1 atom stereocenters. The molecule has 0 bridgehead atoms. The molecule has 5 nitrogen and oxygen atoms in total. The predicted octanol–water partition coefficient (Wildman–Crippen LogP) is 4.55. The molecule has 4 N–H and O–H groups in total. The molecular weight excluding hydrogens is 336 g/mol. The fraction of sp³-hybridized carbons (Fsp3) is 0.364. The Bertz CT molecular complexity index is 982.